The summed E-state index contributed by atoms with van der Waals surface area (Å²) in [6.45, 7) is 5.63. The van der Waals surface area contributed by atoms with E-state index >= 15 is 0 Å². The molecule has 1 aliphatic heterocycles. The second-order valence-corrected chi connectivity index (χ2v) is 5.79. The minimum Gasteiger partial charge on any atom is -0.310 e. The van der Waals surface area contributed by atoms with Gasteiger partial charge < -0.3 is 10.2 Å². The van der Waals surface area contributed by atoms with E-state index in [1.807, 2.05) is 11.3 Å². The van der Waals surface area contributed by atoms with Gasteiger partial charge in [0, 0.05) is 24.0 Å². The molecule has 0 amide bonds. The number of thiophene rings is 1. The maximum absolute atomic E-state index is 3.60. The fourth-order valence-corrected chi connectivity index (χ4v) is 3.22. The van der Waals surface area contributed by atoms with Gasteiger partial charge in [0.15, 0.2) is 0 Å². The molecule has 1 saturated heterocycles. The lowest BCUT2D eigenvalue weighted by Gasteiger charge is -2.32. The monoisotopic (exact) mass is 238 g/mol. The quantitative estimate of drug-likeness (QED) is 0.867. The number of nitrogens with one attached hydrogen (secondary N) is 1. The summed E-state index contributed by atoms with van der Waals surface area (Å²) in [5, 5.41) is 5.78. The summed E-state index contributed by atoms with van der Waals surface area (Å²) in [6, 6.07) is 2.95. The van der Waals surface area contributed by atoms with Gasteiger partial charge in [0.25, 0.3) is 0 Å². The molecule has 1 N–H and O–H groups in total. The van der Waals surface area contributed by atoms with Crippen LogP contribution in [0.3, 0.4) is 0 Å². The third kappa shape index (κ3) is 3.06. The minimum atomic E-state index is 0.744. The number of aryl methyl sites for hydroxylation is 1. The first kappa shape index (κ1) is 12.1. The zero-order valence-electron chi connectivity index (χ0n) is 10.3. The Kier molecular flexibility index (Phi) is 4.38. The van der Waals surface area contributed by atoms with Gasteiger partial charge >= 0.3 is 0 Å². The molecule has 2 heterocycles. The normalized spacial score (nSPS) is 22.5. The molecule has 0 bridgehead atoms. The molecule has 1 atom stereocenters. The van der Waals surface area contributed by atoms with Crippen LogP contribution in [0.15, 0.2) is 11.4 Å². The fourth-order valence-electron chi connectivity index (χ4n) is 2.34. The first-order chi connectivity index (χ1) is 7.77. The molecule has 3 heteroatoms. The molecular weight excluding hydrogens is 216 g/mol. The van der Waals surface area contributed by atoms with Gasteiger partial charge in [0.2, 0.25) is 0 Å². The van der Waals surface area contributed by atoms with Gasteiger partial charge in [-0.15, -0.1) is 11.3 Å². The predicted octanol–water partition coefficient (Wildman–Crippen LogP) is 2.63. The van der Waals surface area contributed by atoms with Crippen LogP contribution in [0.1, 0.15) is 29.7 Å². The second-order valence-electron chi connectivity index (χ2n) is 4.79. The Morgan fingerprint density at radius 1 is 1.50 bits per heavy atom. The summed E-state index contributed by atoms with van der Waals surface area (Å²) < 4.78 is 0. The molecular formula is C13H22N2S. The molecule has 0 aliphatic carbocycles. The van der Waals surface area contributed by atoms with E-state index in [0.29, 0.717) is 0 Å². The van der Waals surface area contributed by atoms with Gasteiger partial charge in [0.05, 0.1) is 0 Å². The van der Waals surface area contributed by atoms with E-state index in [2.05, 4.69) is 35.6 Å². The Bertz CT molecular complexity index is 321. The van der Waals surface area contributed by atoms with Crippen LogP contribution < -0.4 is 5.32 Å². The third-order valence-corrected chi connectivity index (χ3v) is 4.58. The average molecular weight is 238 g/mol. The molecule has 1 aliphatic rings. The molecule has 1 aromatic rings. The lowest BCUT2D eigenvalue weighted by molar-refractivity contribution is 0.181. The first-order valence-electron chi connectivity index (χ1n) is 6.21. The summed E-state index contributed by atoms with van der Waals surface area (Å²) in [6.07, 6.45) is 4.12. The maximum atomic E-state index is 3.60. The third-order valence-electron chi connectivity index (χ3n) is 3.56. The van der Waals surface area contributed by atoms with Gasteiger partial charge in [-0.25, -0.2) is 0 Å². The maximum Gasteiger partial charge on any atom is 0.0303 e. The number of nitrogens with zero attached hydrogens (tertiary/aromatic N) is 1. The Morgan fingerprint density at radius 3 is 3.06 bits per heavy atom. The first-order valence-corrected chi connectivity index (χ1v) is 7.09. The second kappa shape index (κ2) is 5.80. The van der Waals surface area contributed by atoms with Crippen molar-refractivity contribution in [1.82, 2.24) is 10.2 Å². The van der Waals surface area contributed by atoms with E-state index in [0.717, 1.165) is 19.1 Å². The van der Waals surface area contributed by atoms with Crippen molar-refractivity contribution in [3.05, 3.63) is 21.9 Å². The van der Waals surface area contributed by atoms with Crippen LogP contribution in [0.25, 0.3) is 0 Å². The van der Waals surface area contributed by atoms with E-state index in [1.54, 1.807) is 0 Å². The van der Waals surface area contributed by atoms with Crippen molar-refractivity contribution in [1.29, 1.82) is 0 Å². The summed E-state index contributed by atoms with van der Waals surface area (Å²) in [4.78, 5) is 3.98. The van der Waals surface area contributed by atoms with Crippen molar-refractivity contribution < 1.29 is 0 Å². The summed E-state index contributed by atoms with van der Waals surface area (Å²) in [5.41, 5.74) is 1.43. The highest BCUT2D eigenvalue weighted by Crippen LogP contribution is 2.16. The molecule has 0 saturated carbocycles. The van der Waals surface area contributed by atoms with Gasteiger partial charge in [-0.3, -0.25) is 0 Å². The van der Waals surface area contributed by atoms with Gasteiger partial charge in [-0.05, 0) is 50.4 Å². The zero-order chi connectivity index (χ0) is 11.4. The molecule has 2 rings (SSSR count). The van der Waals surface area contributed by atoms with Crippen molar-refractivity contribution in [2.45, 2.75) is 38.8 Å². The lowest BCUT2D eigenvalue weighted by atomic mass is 10.0. The van der Waals surface area contributed by atoms with Gasteiger partial charge in [0.1, 0.15) is 0 Å². The summed E-state index contributed by atoms with van der Waals surface area (Å²) in [5.74, 6) is 0. The number of likely N-dealkylation sites (tertiary alicyclic amines) is 1. The lowest BCUT2D eigenvalue weighted by Crippen LogP contribution is -2.42. The SMILES string of the molecule is Cc1ccsc1CNCC1CCCCN1C. The molecule has 90 valence electrons. The Labute approximate surface area is 103 Å². The van der Waals surface area contributed by atoms with Crippen LogP contribution in [0.5, 0.6) is 0 Å². The standard InChI is InChI=1S/C13H22N2S/c1-11-6-8-16-13(11)10-14-9-12-5-3-4-7-15(12)2/h6,8,12,14H,3-5,7,9-10H2,1-2H3. The molecule has 0 radical (unpaired) electrons. The van der Waals surface area contributed by atoms with Crippen LogP contribution in [0.2, 0.25) is 0 Å². The van der Waals surface area contributed by atoms with Crippen LogP contribution in [0.4, 0.5) is 0 Å². The van der Waals surface area contributed by atoms with Crippen LogP contribution in [-0.2, 0) is 6.54 Å². The summed E-state index contributed by atoms with van der Waals surface area (Å²) in [7, 11) is 2.25. The number of rotatable bonds is 4. The van der Waals surface area contributed by atoms with Crippen LogP contribution >= 0.6 is 11.3 Å². The number of hydrogen-bond donors (Lipinski definition) is 1. The highest BCUT2D eigenvalue weighted by molar-refractivity contribution is 7.10. The fraction of sp³-hybridized carbons (Fsp3) is 0.692. The largest absolute Gasteiger partial charge is 0.310 e. The van der Waals surface area contributed by atoms with Crippen molar-refractivity contribution in [3.63, 3.8) is 0 Å². The van der Waals surface area contributed by atoms with Crippen molar-refractivity contribution in [3.8, 4) is 0 Å². The van der Waals surface area contributed by atoms with E-state index in [9.17, 15) is 0 Å². The number of likely N-dealkylation sites (N-methyl/N-ethyl adjacent to an activating group) is 1. The average Bonchev–Trinajstić information content (AvgIpc) is 2.67. The minimum absolute atomic E-state index is 0.744. The molecule has 0 spiro atoms. The molecule has 2 nitrogen and oxygen atoms in total. The van der Waals surface area contributed by atoms with E-state index in [1.165, 1.54) is 36.2 Å². The Morgan fingerprint density at radius 2 is 2.38 bits per heavy atom. The summed E-state index contributed by atoms with van der Waals surface area (Å²) >= 11 is 1.86. The van der Waals surface area contributed by atoms with E-state index in [-0.39, 0.29) is 0 Å². The van der Waals surface area contributed by atoms with Crippen molar-refractivity contribution in [2.24, 2.45) is 0 Å². The van der Waals surface area contributed by atoms with E-state index in [4.69, 9.17) is 0 Å². The van der Waals surface area contributed by atoms with Gasteiger partial charge in [-0.2, -0.15) is 0 Å². The highest BCUT2D eigenvalue weighted by atomic mass is 32.1. The zero-order valence-corrected chi connectivity index (χ0v) is 11.1. The number of hydrogen-bond acceptors (Lipinski definition) is 3. The van der Waals surface area contributed by atoms with Crippen LogP contribution in [0, 0.1) is 6.92 Å². The van der Waals surface area contributed by atoms with Gasteiger partial charge in [-0.1, -0.05) is 6.42 Å². The molecule has 1 fully saturated rings. The Balaban J connectivity index is 1.73. The van der Waals surface area contributed by atoms with E-state index < -0.39 is 0 Å². The molecule has 0 aromatic carbocycles. The molecule has 1 unspecified atom stereocenters. The molecule has 16 heavy (non-hydrogen) atoms. The Hall–Kier alpha value is -0.380. The highest BCUT2D eigenvalue weighted by Gasteiger charge is 2.17. The topological polar surface area (TPSA) is 15.3 Å². The smallest absolute Gasteiger partial charge is 0.0303 e. The van der Waals surface area contributed by atoms with Crippen molar-refractivity contribution in [2.75, 3.05) is 20.1 Å². The molecule has 1 aromatic heterocycles. The van der Waals surface area contributed by atoms with Crippen LogP contribution in [-0.4, -0.2) is 31.1 Å². The number of piperidine rings is 1. The predicted molar refractivity (Wildman–Crippen MR) is 71.0 cm³/mol. The van der Waals surface area contributed by atoms with Crippen molar-refractivity contribution >= 4 is 11.3 Å².